The second-order valence-electron chi connectivity index (χ2n) is 3.40. The first-order valence-electron chi connectivity index (χ1n) is 4.93. The van der Waals surface area contributed by atoms with Crippen molar-refractivity contribution in [3.8, 4) is 30.4 Å². The Bertz CT molecular complexity index is 404. The molecule has 0 heterocycles. The lowest BCUT2D eigenvalue weighted by Gasteiger charge is -2.22. The van der Waals surface area contributed by atoms with Gasteiger partial charge in [-0.1, -0.05) is 24.0 Å². The van der Waals surface area contributed by atoms with Gasteiger partial charge >= 0.3 is 0 Å². The summed E-state index contributed by atoms with van der Waals surface area (Å²) < 4.78 is 5.06. The molecule has 0 aliphatic carbocycles. The van der Waals surface area contributed by atoms with Crippen LogP contribution in [-0.4, -0.2) is 18.8 Å². The number of benzene rings is 1. The van der Waals surface area contributed by atoms with Crippen molar-refractivity contribution >= 4 is 0 Å². The largest absolute Gasteiger partial charge is 0.497 e. The van der Waals surface area contributed by atoms with E-state index in [0.29, 0.717) is 6.42 Å². The van der Waals surface area contributed by atoms with Gasteiger partial charge in [-0.15, -0.1) is 12.8 Å². The summed E-state index contributed by atoms with van der Waals surface area (Å²) in [6.07, 6.45) is 11.3. The Morgan fingerprint density at radius 1 is 1.25 bits per heavy atom. The second-order valence-corrected chi connectivity index (χ2v) is 3.40. The summed E-state index contributed by atoms with van der Waals surface area (Å²) >= 11 is 0. The van der Waals surface area contributed by atoms with E-state index in [1.165, 1.54) is 0 Å². The number of rotatable bonds is 4. The van der Waals surface area contributed by atoms with Crippen LogP contribution in [0.5, 0.6) is 5.75 Å². The Morgan fingerprint density at radius 2 is 1.81 bits per heavy atom. The van der Waals surface area contributed by atoms with E-state index in [1.807, 2.05) is 12.1 Å². The summed E-state index contributed by atoms with van der Waals surface area (Å²) in [5.41, 5.74) is -0.00607. The van der Waals surface area contributed by atoms with Crippen LogP contribution in [0.25, 0.3) is 0 Å². The van der Waals surface area contributed by atoms with Crippen molar-refractivity contribution in [3.63, 3.8) is 0 Å². The zero-order chi connectivity index (χ0) is 12.0. The number of hydrogen-bond acceptors (Lipinski definition) is 2. The second kappa shape index (κ2) is 5.26. The van der Waals surface area contributed by atoms with Gasteiger partial charge in [0.25, 0.3) is 0 Å². The zero-order valence-electron chi connectivity index (χ0n) is 9.23. The van der Waals surface area contributed by atoms with Crippen molar-refractivity contribution in [2.24, 2.45) is 0 Å². The van der Waals surface area contributed by atoms with Gasteiger partial charge in [0.05, 0.1) is 7.11 Å². The molecule has 0 aromatic heterocycles. The van der Waals surface area contributed by atoms with E-state index < -0.39 is 5.41 Å². The van der Waals surface area contributed by atoms with Gasteiger partial charge in [-0.05, 0) is 17.7 Å². The highest BCUT2D eigenvalue weighted by Gasteiger charge is 2.26. The van der Waals surface area contributed by atoms with Gasteiger partial charge in [0.2, 0.25) is 0 Å². The van der Waals surface area contributed by atoms with Crippen LogP contribution in [0.1, 0.15) is 12.0 Å². The normalized spacial score (nSPS) is 10.2. The fourth-order valence-corrected chi connectivity index (χ4v) is 1.54. The highest BCUT2D eigenvalue weighted by Crippen LogP contribution is 2.28. The average Bonchev–Trinajstić information content (AvgIpc) is 2.36. The van der Waals surface area contributed by atoms with Gasteiger partial charge in [0.15, 0.2) is 0 Å². The van der Waals surface area contributed by atoms with Crippen LogP contribution in [0.4, 0.5) is 0 Å². The summed E-state index contributed by atoms with van der Waals surface area (Å²) in [6, 6.07) is 7.26. The predicted octanol–water partition coefficient (Wildman–Crippen LogP) is 1.58. The Balaban J connectivity index is 3.13. The van der Waals surface area contributed by atoms with Crippen molar-refractivity contribution in [1.82, 2.24) is 0 Å². The lowest BCUT2D eigenvalue weighted by molar-refractivity contribution is 0.273. The number of ether oxygens (including phenoxy) is 1. The molecule has 0 amide bonds. The molecule has 0 bridgehead atoms. The van der Waals surface area contributed by atoms with E-state index in [-0.39, 0.29) is 6.61 Å². The lowest BCUT2D eigenvalue weighted by Crippen LogP contribution is -2.23. The first-order chi connectivity index (χ1) is 7.72. The minimum Gasteiger partial charge on any atom is -0.497 e. The number of aliphatic hydroxyl groups excluding tert-OH is 1. The maximum atomic E-state index is 9.01. The van der Waals surface area contributed by atoms with Crippen LogP contribution in [-0.2, 0) is 5.41 Å². The predicted molar refractivity (Wildman–Crippen MR) is 64.0 cm³/mol. The first-order valence-corrected chi connectivity index (χ1v) is 4.93. The minimum absolute atomic E-state index is 0.0412. The van der Waals surface area contributed by atoms with Gasteiger partial charge in [0, 0.05) is 13.0 Å². The van der Waals surface area contributed by atoms with Gasteiger partial charge in [0.1, 0.15) is 11.2 Å². The molecule has 0 aliphatic heterocycles. The third-order valence-electron chi connectivity index (χ3n) is 2.56. The van der Waals surface area contributed by atoms with E-state index >= 15 is 0 Å². The molecule has 16 heavy (non-hydrogen) atoms. The Morgan fingerprint density at radius 3 is 2.19 bits per heavy atom. The van der Waals surface area contributed by atoms with Crippen LogP contribution in [0.3, 0.4) is 0 Å². The molecule has 1 N–H and O–H groups in total. The monoisotopic (exact) mass is 214 g/mol. The summed E-state index contributed by atoms with van der Waals surface area (Å²) in [5, 5.41) is 9.01. The third-order valence-corrected chi connectivity index (χ3v) is 2.56. The lowest BCUT2D eigenvalue weighted by atomic mass is 9.79. The maximum Gasteiger partial charge on any atom is 0.118 e. The van der Waals surface area contributed by atoms with Crippen molar-refractivity contribution in [2.45, 2.75) is 11.8 Å². The maximum absolute atomic E-state index is 9.01. The molecule has 0 fully saturated rings. The molecule has 0 atom stereocenters. The smallest absolute Gasteiger partial charge is 0.118 e. The summed E-state index contributed by atoms with van der Waals surface area (Å²) in [7, 11) is 1.60. The van der Waals surface area contributed by atoms with Crippen LogP contribution in [0.15, 0.2) is 24.3 Å². The van der Waals surface area contributed by atoms with Crippen molar-refractivity contribution in [3.05, 3.63) is 29.8 Å². The standard InChI is InChI=1S/C14H14O2/c1-4-14(5-2,10-11-15)12-6-8-13(16-3)9-7-12/h1-2,6-9,15H,10-11H2,3H3. The fourth-order valence-electron chi connectivity index (χ4n) is 1.54. The molecule has 1 aromatic rings. The number of aliphatic hydroxyl groups is 1. The summed E-state index contributed by atoms with van der Waals surface area (Å²) in [4.78, 5) is 0. The molecule has 2 nitrogen and oxygen atoms in total. The van der Waals surface area contributed by atoms with Crippen LogP contribution < -0.4 is 4.74 Å². The van der Waals surface area contributed by atoms with Crippen molar-refractivity contribution in [1.29, 1.82) is 0 Å². The van der Waals surface area contributed by atoms with E-state index in [2.05, 4.69) is 11.8 Å². The van der Waals surface area contributed by atoms with Crippen LogP contribution in [0, 0.1) is 24.7 Å². The number of methoxy groups -OCH3 is 1. The molecule has 2 heteroatoms. The Kier molecular flexibility index (Phi) is 4.00. The topological polar surface area (TPSA) is 29.5 Å². The van der Waals surface area contributed by atoms with E-state index in [4.69, 9.17) is 22.7 Å². The summed E-state index contributed by atoms with van der Waals surface area (Å²) in [6.45, 7) is -0.0412. The Labute approximate surface area is 96.3 Å². The minimum atomic E-state index is -0.832. The van der Waals surface area contributed by atoms with Crippen molar-refractivity contribution in [2.75, 3.05) is 13.7 Å². The van der Waals surface area contributed by atoms with Crippen LogP contribution in [0.2, 0.25) is 0 Å². The Hall–Kier alpha value is -1.90. The van der Waals surface area contributed by atoms with Gasteiger partial charge in [-0.25, -0.2) is 0 Å². The SMILES string of the molecule is C#CC(C#C)(CCO)c1ccc(OC)cc1. The molecular weight excluding hydrogens is 200 g/mol. The van der Waals surface area contributed by atoms with Gasteiger partial charge < -0.3 is 9.84 Å². The highest BCUT2D eigenvalue weighted by atomic mass is 16.5. The van der Waals surface area contributed by atoms with Gasteiger partial charge in [-0.3, -0.25) is 0 Å². The van der Waals surface area contributed by atoms with Crippen LogP contribution >= 0.6 is 0 Å². The quantitative estimate of drug-likeness (QED) is 0.771. The highest BCUT2D eigenvalue weighted by molar-refractivity contribution is 5.45. The number of hydrogen-bond donors (Lipinski definition) is 1. The van der Waals surface area contributed by atoms with E-state index in [0.717, 1.165) is 11.3 Å². The summed E-state index contributed by atoms with van der Waals surface area (Å²) in [5.74, 6) is 5.91. The molecule has 0 aliphatic rings. The number of terminal acetylenes is 2. The molecule has 0 radical (unpaired) electrons. The fraction of sp³-hybridized carbons (Fsp3) is 0.286. The first kappa shape index (κ1) is 12.2. The van der Waals surface area contributed by atoms with E-state index in [1.54, 1.807) is 19.2 Å². The average molecular weight is 214 g/mol. The molecule has 0 unspecified atom stereocenters. The van der Waals surface area contributed by atoms with Crippen molar-refractivity contribution < 1.29 is 9.84 Å². The molecule has 82 valence electrons. The third kappa shape index (κ3) is 2.19. The molecular formula is C14H14O2. The van der Waals surface area contributed by atoms with E-state index in [9.17, 15) is 0 Å². The molecule has 0 spiro atoms. The molecule has 0 saturated carbocycles. The zero-order valence-corrected chi connectivity index (χ0v) is 9.23. The molecule has 1 aromatic carbocycles. The van der Waals surface area contributed by atoms with Gasteiger partial charge in [-0.2, -0.15) is 0 Å². The molecule has 0 saturated heterocycles. The molecule has 1 rings (SSSR count).